The molecule has 0 fully saturated rings. The van der Waals surface area contributed by atoms with E-state index >= 15 is 0 Å². The maximum absolute atomic E-state index is 14.1. The SMILES string of the molecule is CN(C)CCNc1ccc(Nc2c(CC=O)cnc3ccc(-c4cc(F)c(O)c(Cl)c4)cc23)cn1. The topological polar surface area (TPSA) is 90.4 Å². The molecule has 180 valence electrons. The second-order valence-corrected chi connectivity index (χ2v) is 8.74. The van der Waals surface area contributed by atoms with Crippen LogP contribution in [-0.4, -0.2) is 53.4 Å². The predicted octanol–water partition coefficient (Wildman–Crippen LogP) is 5.25. The third-order valence-electron chi connectivity index (χ3n) is 5.50. The first kappa shape index (κ1) is 24.4. The number of hydrogen-bond donors (Lipinski definition) is 3. The summed E-state index contributed by atoms with van der Waals surface area (Å²) in [5.41, 5.74) is 4.06. The van der Waals surface area contributed by atoms with Crippen molar-refractivity contribution in [2.75, 3.05) is 37.8 Å². The van der Waals surface area contributed by atoms with E-state index in [4.69, 9.17) is 11.6 Å². The normalized spacial score (nSPS) is 11.1. The van der Waals surface area contributed by atoms with E-state index in [2.05, 4.69) is 25.5 Å². The van der Waals surface area contributed by atoms with Gasteiger partial charge in [-0.05, 0) is 61.6 Å². The number of carbonyl (C=O) groups is 1. The lowest BCUT2D eigenvalue weighted by atomic mass is 10.00. The van der Waals surface area contributed by atoms with Gasteiger partial charge >= 0.3 is 0 Å². The molecule has 4 rings (SSSR count). The Labute approximate surface area is 207 Å². The first-order valence-electron chi connectivity index (χ1n) is 11.0. The molecule has 0 amide bonds. The summed E-state index contributed by atoms with van der Waals surface area (Å²) in [5, 5.41) is 17.0. The molecular weight excluding hydrogens is 469 g/mol. The molecule has 0 atom stereocenters. The Kier molecular flexibility index (Phi) is 7.43. The molecule has 0 unspecified atom stereocenters. The number of fused-ring (bicyclic) bond motifs is 1. The highest BCUT2D eigenvalue weighted by atomic mass is 35.5. The second-order valence-electron chi connectivity index (χ2n) is 8.34. The van der Waals surface area contributed by atoms with E-state index in [0.29, 0.717) is 27.9 Å². The first-order chi connectivity index (χ1) is 16.9. The lowest BCUT2D eigenvalue weighted by molar-refractivity contribution is -0.107. The zero-order chi connectivity index (χ0) is 24.9. The number of aromatic nitrogens is 2. The Hall–Kier alpha value is -3.75. The lowest BCUT2D eigenvalue weighted by Crippen LogP contribution is -2.21. The fourth-order valence-corrected chi connectivity index (χ4v) is 3.87. The van der Waals surface area contributed by atoms with Crippen molar-refractivity contribution in [1.29, 1.82) is 0 Å². The number of pyridine rings is 2. The van der Waals surface area contributed by atoms with E-state index in [9.17, 15) is 14.3 Å². The number of rotatable bonds is 9. The molecule has 0 bridgehead atoms. The van der Waals surface area contributed by atoms with Gasteiger partial charge in [0.25, 0.3) is 0 Å². The summed E-state index contributed by atoms with van der Waals surface area (Å²) < 4.78 is 14.1. The zero-order valence-electron chi connectivity index (χ0n) is 19.3. The van der Waals surface area contributed by atoms with Crippen molar-refractivity contribution in [3.05, 3.63) is 71.3 Å². The molecule has 0 saturated carbocycles. The summed E-state index contributed by atoms with van der Waals surface area (Å²) in [4.78, 5) is 22.4. The predicted molar refractivity (Wildman–Crippen MR) is 138 cm³/mol. The van der Waals surface area contributed by atoms with Crippen molar-refractivity contribution < 1.29 is 14.3 Å². The number of halogens is 2. The van der Waals surface area contributed by atoms with E-state index < -0.39 is 11.6 Å². The number of hydrogen-bond acceptors (Lipinski definition) is 7. The Bertz CT molecular complexity index is 1340. The molecule has 7 nitrogen and oxygen atoms in total. The summed E-state index contributed by atoms with van der Waals surface area (Å²) >= 11 is 5.98. The smallest absolute Gasteiger partial charge is 0.170 e. The van der Waals surface area contributed by atoms with Crippen LogP contribution in [-0.2, 0) is 11.2 Å². The number of phenolic OH excluding ortho intramolecular Hbond substituents is 1. The van der Waals surface area contributed by atoms with Gasteiger partial charge in [-0.15, -0.1) is 0 Å². The average molecular weight is 494 g/mol. The molecule has 2 aromatic heterocycles. The maximum Gasteiger partial charge on any atom is 0.170 e. The molecule has 0 aliphatic carbocycles. The summed E-state index contributed by atoms with van der Waals surface area (Å²) in [6.45, 7) is 1.66. The van der Waals surface area contributed by atoms with E-state index in [1.807, 2.05) is 38.4 Å². The molecule has 0 aliphatic heterocycles. The Morgan fingerprint density at radius 1 is 1.09 bits per heavy atom. The number of nitrogens with zero attached hydrogens (tertiary/aromatic N) is 3. The fourth-order valence-electron chi connectivity index (χ4n) is 3.66. The van der Waals surface area contributed by atoms with Crippen molar-refractivity contribution in [2.24, 2.45) is 0 Å². The van der Waals surface area contributed by atoms with Gasteiger partial charge in [0, 0.05) is 36.7 Å². The summed E-state index contributed by atoms with van der Waals surface area (Å²) in [7, 11) is 4.02. The molecule has 0 aliphatic rings. The van der Waals surface area contributed by atoms with Crippen molar-refractivity contribution in [1.82, 2.24) is 14.9 Å². The van der Waals surface area contributed by atoms with Gasteiger partial charge in [-0.3, -0.25) is 4.98 Å². The van der Waals surface area contributed by atoms with Gasteiger partial charge in [0.05, 0.1) is 28.1 Å². The van der Waals surface area contributed by atoms with Crippen LogP contribution in [0.15, 0.2) is 54.9 Å². The van der Waals surface area contributed by atoms with Crippen LogP contribution in [0, 0.1) is 5.82 Å². The van der Waals surface area contributed by atoms with E-state index in [1.54, 1.807) is 18.5 Å². The molecular formula is C26H25ClFN5O2. The van der Waals surface area contributed by atoms with Crippen LogP contribution in [0.1, 0.15) is 5.56 Å². The zero-order valence-corrected chi connectivity index (χ0v) is 20.1. The van der Waals surface area contributed by atoms with Crippen molar-refractivity contribution >= 4 is 46.0 Å². The number of anilines is 3. The summed E-state index contributed by atoms with van der Waals surface area (Å²) in [5.74, 6) is -0.622. The van der Waals surface area contributed by atoms with Crippen LogP contribution in [0.25, 0.3) is 22.0 Å². The molecule has 35 heavy (non-hydrogen) atoms. The van der Waals surface area contributed by atoms with Crippen molar-refractivity contribution in [2.45, 2.75) is 6.42 Å². The van der Waals surface area contributed by atoms with E-state index in [1.165, 1.54) is 12.1 Å². The summed E-state index contributed by atoms with van der Waals surface area (Å²) in [6.07, 6.45) is 4.38. The number of benzene rings is 2. The quantitative estimate of drug-likeness (QED) is 0.274. The van der Waals surface area contributed by atoms with E-state index in [0.717, 1.165) is 36.3 Å². The third-order valence-corrected chi connectivity index (χ3v) is 5.79. The minimum Gasteiger partial charge on any atom is -0.504 e. The molecule has 9 heteroatoms. The molecule has 0 spiro atoms. The monoisotopic (exact) mass is 493 g/mol. The van der Waals surface area contributed by atoms with Gasteiger partial charge in [-0.1, -0.05) is 17.7 Å². The Morgan fingerprint density at radius 2 is 1.91 bits per heavy atom. The largest absolute Gasteiger partial charge is 0.504 e. The van der Waals surface area contributed by atoms with Gasteiger partial charge in [0.1, 0.15) is 12.1 Å². The van der Waals surface area contributed by atoms with Gasteiger partial charge in [-0.2, -0.15) is 0 Å². The van der Waals surface area contributed by atoms with Crippen LogP contribution >= 0.6 is 11.6 Å². The Morgan fingerprint density at radius 3 is 2.60 bits per heavy atom. The van der Waals surface area contributed by atoms with Gasteiger partial charge in [0.2, 0.25) is 0 Å². The molecule has 2 heterocycles. The minimum atomic E-state index is -0.802. The van der Waals surface area contributed by atoms with Crippen molar-refractivity contribution in [3.8, 4) is 16.9 Å². The summed E-state index contributed by atoms with van der Waals surface area (Å²) in [6, 6.07) is 12.0. The number of aromatic hydroxyl groups is 1. The lowest BCUT2D eigenvalue weighted by Gasteiger charge is -2.15. The molecule has 0 radical (unpaired) electrons. The molecule has 2 aromatic carbocycles. The van der Waals surface area contributed by atoms with Gasteiger partial charge in [0.15, 0.2) is 11.6 Å². The maximum atomic E-state index is 14.1. The van der Waals surface area contributed by atoms with Crippen molar-refractivity contribution in [3.63, 3.8) is 0 Å². The highest BCUT2D eigenvalue weighted by Gasteiger charge is 2.14. The number of nitrogens with one attached hydrogen (secondary N) is 2. The number of phenols is 1. The Balaban J connectivity index is 1.70. The van der Waals surface area contributed by atoms with Gasteiger partial charge in [-0.25, -0.2) is 9.37 Å². The van der Waals surface area contributed by atoms with Gasteiger partial charge < -0.3 is 25.4 Å². The van der Waals surface area contributed by atoms with Crippen LogP contribution in [0.4, 0.5) is 21.6 Å². The fraction of sp³-hybridized carbons (Fsp3) is 0.192. The minimum absolute atomic E-state index is 0.0726. The van der Waals surface area contributed by atoms with Crippen LogP contribution in [0.2, 0.25) is 5.02 Å². The number of likely N-dealkylation sites (N-methyl/N-ethyl adjacent to an activating group) is 1. The van der Waals surface area contributed by atoms with Crippen LogP contribution in [0.5, 0.6) is 5.75 Å². The molecule has 3 N–H and O–H groups in total. The number of carbonyl (C=O) groups excluding carboxylic acids is 1. The first-order valence-corrected chi connectivity index (χ1v) is 11.4. The highest BCUT2D eigenvalue weighted by molar-refractivity contribution is 6.32. The molecule has 0 saturated heterocycles. The standard InChI is InChI=1S/C26H25ClFN5O2/c1-33(2)9-8-29-24-6-4-19(15-31-24)32-25-17(7-10-34)14-30-23-5-3-16(11-20(23)25)18-12-21(27)26(35)22(28)13-18/h3-6,10-15,35H,7-9H2,1-2H3,(H,29,31)(H,30,32). The average Bonchev–Trinajstić information content (AvgIpc) is 2.84. The number of aldehydes is 1. The van der Waals surface area contributed by atoms with E-state index in [-0.39, 0.29) is 11.4 Å². The highest BCUT2D eigenvalue weighted by Crippen LogP contribution is 2.36. The van der Waals surface area contributed by atoms with Crippen LogP contribution in [0.3, 0.4) is 0 Å². The third kappa shape index (κ3) is 5.67. The van der Waals surface area contributed by atoms with Crippen LogP contribution < -0.4 is 10.6 Å². The second kappa shape index (κ2) is 10.7. The molecule has 4 aromatic rings.